The number of esters is 1. The molecule has 0 N–H and O–H groups in total. The first-order chi connectivity index (χ1) is 9.34. The molecule has 0 aromatic heterocycles. The van der Waals surface area contributed by atoms with Crippen LogP contribution in [0.15, 0.2) is 30.3 Å². The van der Waals surface area contributed by atoms with Crippen molar-refractivity contribution in [1.29, 1.82) is 0 Å². The van der Waals surface area contributed by atoms with Gasteiger partial charge < -0.3 is 21.9 Å². The Bertz CT molecular complexity index is 380. The van der Waals surface area contributed by atoms with Crippen LogP contribution in [0.5, 0.6) is 0 Å². The number of ether oxygens (including phenoxy) is 2. The van der Waals surface area contributed by atoms with Gasteiger partial charge in [-0.2, -0.15) is 0 Å². The molecule has 0 aliphatic carbocycles. The van der Waals surface area contributed by atoms with Crippen LogP contribution in [0.2, 0.25) is 0 Å². The van der Waals surface area contributed by atoms with Gasteiger partial charge in [0, 0.05) is 26.1 Å². The van der Waals surface area contributed by atoms with Gasteiger partial charge in [-0.1, -0.05) is 30.3 Å². The fourth-order valence-electron chi connectivity index (χ4n) is 2.08. The number of nitrogens with zero attached hydrogens (tertiary/aromatic N) is 1. The Hall–Kier alpha value is -1.10. The Balaban J connectivity index is 0.00000200. The van der Waals surface area contributed by atoms with Gasteiger partial charge in [0.1, 0.15) is 6.61 Å². The fourth-order valence-corrected chi connectivity index (χ4v) is 2.08. The number of rotatable bonds is 6. The number of hydrogen-bond acceptors (Lipinski definition) is 4. The standard InChI is InChI=1S/C15H21NO3.ClH/c17-15(7-6-14-4-2-1-3-5-14)19-13-10-16-8-11-18-12-9-16;/h1-5H,6-13H2;1H/p-1. The largest absolute Gasteiger partial charge is 1.00 e. The molecular formula is C15H21ClNO3-. The van der Waals surface area contributed by atoms with Gasteiger partial charge in [0.25, 0.3) is 0 Å². The summed E-state index contributed by atoms with van der Waals surface area (Å²) in [5.74, 6) is -0.114. The van der Waals surface area contributed by atoms with E-state index in [0.717, 1.165) is 39.3 Å². The smallest absolute Gasteiger partial charge is 0.306 e. The van der Waals surface area contributed by atoms with Crippen molar-refractivity contribution >= 4 is 5.97 Å². The van der Waals surface area contributed by atoms with Crippen LogP contribution in [-0.2, 0) is 20.7 Å². The van der Waals surface area contributed by atoms with E-state index in [9.17, 15) is 4.79 Å². The van der Waals surface area contributed by atoms with E-state index < -0.39 is 0 Å². The predicted octanol–water partition coefficient (Wildman–Crippen LogP) is -1.50. The minimum Gasteiger partial charge on any atom is -1.00 e. The molecule has 20 heavy (non-hydrogen) atoms. The van der Waals surface area contributed by atoms with Gasteiger partial charge in [-0.05, 0) is 12.0 Å². The van der Waals surface area contributed by atoms with E-state index in [1.165, 1.54) is 5.56 Å². The number of morpholine rings is 1. The van der Waals surface area contributed by atoms with Gasteiger partial charge in [-0.25, -0.2) is 0 Å². The predicted molar refractivity (Wildman–Crippen MR) is 73.0 cm³/mol. The van der Waals surface area contributed by atoms with Crippen molar-refractivity contribution < 1.29 is 26.7 Å². The molecule has 0 atom stereocenters. The monoisotopic (exact) mass is 298 g/mol. The quantitative estimate of drug-likeness (QED) is 0.599. The molecule has 0 spiro atoms. The van der Waals surface area contributed by atoms with Crippen molar-refractivity contribution in [3.8, 4) is 0 Å². The summed E-state index contributed by atoms with van der Waals surface area (Å²) in [5.41, 5.74) is 1.17. The van der Waals surface area contributed by atoms with Gasteiger partial charge in [0.15, 0.2) is 0 Å². The molecule has 4 nitrogen and oxygen atoms in total. The average molecular weight is 299 g/mol. The molecule has 1 aromatic rings. The van der Waals surface area contributed by atoms with Gasteiger partial charge in [-0.3, -0.25) is 9.69 Å². The minimum atomic E-state index is -0.114. The van der Waals surface area contributed by atoms with Crippen LogP contribution in [0, 0.1) is 0 Å². The molecule has 1 fully saturated rings. The summed E-state index contributed by atoms with van der Waals surface area (Å²) < 4.78 is 10.5. The molecular weight excluding hydrogens is 278 g/mol. The maximum absolute atomic E-state index is 11.6. The zero-order valence-corrected chi connectivity index (χ0v) is 12.3. The molecule has 0 bridgehead atoms. The second kappa shape index (κ2) is 9.75. The molecule has 1 aliphatic rings. The van der Waals surface area contributed by atoms with Crippen LogP contribution < -0.4 is 12.4 Å². The van der Waals surface area contributed by atoms with Crippen LogP contribution in [0.3, 0.4) is 0 Å². The van der Waals surface area contributed by atoms with Gasteiger partial charge in [0.2, 0.25) is 0 Å². The van der Waals surface area contributed by atoms with Crippen LogP contribution in [0.1, 0.15) is 12.0 Å². The number of halogens is 1. The Morgan fingerprint density at radius 1 is 1.20 bits per heavy atom. The van der Waals surface area contributed by atoms with E-state index in [4.69, 9.17) is 9.47 Å². The SMILES string of the molecule is O=C(CCc1ccccc1)OCCN1CCOCC1.[Cl-]. The second-order valence-electron chi connectivity index (χ2n) is 4.66. The van der Waals surface area contributed by atoms with Crippen molar-refractivity contribution in [3.63, 3.8) is 0 Å². The van der Waals surface area contributed by atoms with E-state index in [0.29, 0.717) is 13.0 Å². The Kier molecular flexibility index (Phi) is 8.26. The lowest BCUT2D eigenvalue weighted by molar-refractivity contribution is -0.144. The molecule has 2 rings (SSSR count). The Morgan fingerprint density at radius 2 is 1.90 bits per heavy atom. The third-order valence-corrected chi connectivity index (χ3v) is 3.23. The summed E-state index contributed by atoms with van der Waals surface area (Å²) in [6.45, 7) is 4.71. The van der Waals surface area contributed by atoms with Gasteiger partial charge >= 0.3 is 5.97 Å². The molecule has 1 saturated heterocycles. The first-order valence-electron chi connectivity index (χ1n) is 6.84. The highest BCUT2D eigenvalue weighted by Crippen LogP contribution is 2.03. The molecule has 5 heteroatoms. The summed E-state index contributed by atoms with van der Waals surface area (Å²) in [5, 5.41) is 0. The van der Waals surface area contributed by atoms with Crippen molar-refractivity contribution in [2.24, 2.45) is 0 Å². The summed E-state index contributed by atoms with van der Waals surface area (Å²) in [6, 6.07) is 10.0. The zero-order valence-electron chi connectivity index (χ0n) is 11.6. The van der Waals surface area contributed by atoms with E-state index >= 15 is 0 Å². The average Bonchev–Trinajstić information content (AvgIpc) is 2.47. The van der Waals surface area contributed by atoms with Crippen LogP contribution in [-0.4, -0.2) is 50.3 Å². The summed E-state index contributed by atoms with van der Waals surface area (Å²) in [6.07, 6.45) is 1.20. The summed E-state index contributed by atoms with van der Waals surface area (Å²) in [4.78, 5) is 13.9. The van der Waals surface area contributed by atoms with Crippen LogP contribution >= 0.6 is 0 Å². The highest BCUT2D eigenvalue weighted by molar-refractivity contribution is 5.69. The van der Waals surface area contributed by atoms with E-state index in [1.807, 2.05) is 30.3 Å². The third-order valence-electron chi connectivity index (χ3n) is 3.23. The number of aryl methyl sites for hydroxylation is 1. The number of carbonyl (C=O) groups is 1. The van der Waals surface area contributed by atoms with E-state index in [1.54, 1.807) is 0 Å². The molecule has 0 amide bonds. The normalized spacial score (nSPS) is 15.4. The highest BCUT2D eigenvalue weighted by atomic mass is 35.5. The Morgan fingerprint density at radius 3 is 2.60 bits per heavy atom. The van der Waals surface area contributed by atoms with Crippen molar-refractivity contribution in [2.75, 3.05) is 39.5 Å². The first kappa shape index (κ1) is 17.0. The number of benzene rings is 1. The third kappa shape index (κ3) is 6.37. The molecule has 1 aromatic carbocycles. The minimum absolute atomic E-state index is 0. The fraction of sp³-hybridized carbons (Fsp3) is 0.533. The second-order valence-corrected chi connectivity index (χ2v) is 4.66. The van der Waals surface area contributed by atoms with Gasteiger partial charge in [0.05, 0.1) is 13.2 Å². The lowest BCUT2D eigenvalue weighted by Gasteiger charge is -2.26. The lowest BCUT2D eigenvalue weighted by atomic mass is 10.1. The number of hydrogen-bond donors (Lipinski definition) is 0. The van der Waals surface area contributed by atoms with E-state index in [2.05, 4.69) is 4.90 Å². The Labute approximate surface area is 126 Å². The van der Waals surface area contributed by atoms with Gasteiger partial charge in [-0.15, -0.1) is 0 Å². The number of carbonyl (C=O) groups excluding carboxylic acids is 1. The van der Waals surface area contributed by atoms with Crippen LogP contribution in [0.4, 0.5) is 0 Å². The first-order valence-corrected chi connectivity index (χ1v) is 6.84. The molecule has 1 heterocycles. The van der Waals surface area contributed by atoms with Crippen molar-refractivity contribution in [3.05, 3.63) is 35.9 Å². The van der Waals surface area contributed by atoms with E-state index in [-0.39, 0.29) is 18.4 Å². The van der Waals surface area contributed by atoms with Crippen molar-refractivity contribution in [1.82, 2.24) is 4.90 Å². The maximum atomic E-state index is 11.6. The maximum Gasteiger partial charge on any atom is 0.306 e. The highest BCUT2D eigenvalue weighted by Gasteiger charge is 2.10. The molecule has 1 aliphatic heterocycles. The van der Waals surface area contributed by atoms with Crippen molar-refractivity contribution in [2.45, 2.75) is 12.8 Å². The van der Waals surface area contributed by atoms with Crippen LogP contribution in [0.25, 0.3) is 0 Å². The molecule has 0 unspecified atom stereocenters. The molecule has 0 radical (unpaired) electrons. The summed E-state index contributed by atoms with van der Waals surface area (Å²) >= 11 is 0. The summed E-state index contributed by atoms with van der Waals surface area (Å²) in [7, 11) is 0. The molecule has 0 saturated carbocycles. The lowest BCUT2D eigenvalue weighted by Crippen LogP contribution is -3.00. The topological polar surface area (TPSA) is 38.8 Å². The zero-order chi connectivity index (χ0) is 13.3. The molecule has 112 valence electrons.